The number of nitrogens with one attached hydrogen (secondary N) is 1. The van der Waals surface area contributed by atoms with Crippen LogP contribution in [0.5, 0.6) is 5.75 Å². The summed E-state index contributed by atoms with van der Waals surface area (Å²) in [6, 6.07) is 6.69. The molecule has 0 heterocycles. The van der Waals surface area contributed by atoms with Crippen LogP contribution >= 0.6 is 11.6 Å². The monoisotopic (exact) mass is 307 g/mol. The van der Waals surface area contributed by atoms with Crippen molar-refractivity contribution in [2.45, 2.75) is 64.0 Å². The summed E-state index contributed by atoms with van der Waals surface area (Å²) >= 11 is 6.34. The van der Waals surface area contributed by atoms with E-state index < -0.39 is 0 Å². The molecular formula is C18H26ClNO. The van der Waals surface area contributed by atoms with E-state index in [0.717, 1.165) is 17.2 Å². The fraction of sp³-hybridized carbons (Fsp3) is 0.667. The third kappa shape index (κ3) is 2.80. The summed E-state index contributed by atoms with van der Waals surface area (Å²) in [6.07, 6.45) is 9.39. The van der Waals surface area contributed by atoms with Crippen LogP contribution in [-0.2, 0) is 0 Å². The van der Waals surface area contributed by atoms with Gasteiger partial charge in [-0.2, -0.15) is 0 Å². The third-order valence-corrected chi connectivity index (χ3v) is 5.82. The number of aryl methyl sites for hydroxylation is 1. The minimum atomic E-state index is 0.313. The highest BCUT2D eigenvalue weighted by Gasteiger charge is 2.55. The molecule has 1 N–H and O–H groups in total. The summed E-state index contributed by atoms with van der Waals surface area (Å²) in [5.41, 5.74) is 1.50. The molecule has 3 rings (SSSR count). The zero-order valence-electron chi connectivity index (χ0n) is 13.1. The lowest BCUT2D eigenvalue weighted by molar-refractivity contribution is -0.0881. The van der Waals surface area contributed by atoms with Crippen molar-refractivity contribution < 1.29 is 4.74 Å². The van der Waals surface area contributed by atoms with Gasteiger partial charge in [-0.25, -0.2) is 0 Å². The zero-order valence-corrected chi connectivity index (χ0v) is 13.9. The minimum Gasteiger partial charge on any atom is -0.488 e. The maximum atomic E-state index is 6.35. The Bertz CT molecular complexity index is 494. The molecule has 0 amide bonds. The van der Waals surface area contributed by atoms with Crippen LogP contribution in [0.3, 0.4) is 0 Å². The second-order valence-electron chi connectivity index (χ2n) is 6.76. The fourth-order valence-corrected chi connectivity index (χ4v) is 4.51. The number of hydrogen-bond acceptors (Lipinski definition) is 2. The van der Waals surface area contributed by atoms with E-state index in [9.17, 15) is 0 Å². The molecule has 3 heteroatoms. The van der Waals surface area contributed by atoms with Gasteiger partial charge in [0.05, 0.1) is 5.02 Å². The lowest BCUT2D eigenvalue weighted by Gasteiger charge is -2.55. The Morgan fingerprint density at radius 3 is 2.52 bits per heavy atom. The van der Waals surface area contributed by atoms with Crippen LogP contribution in [0.15, 0.2) is 18.2 Å². The van der Waals surface area contributed by atoms with Crippen LogP contribution in [0, 0.1) is 12.3 Å². The topological polar surface area (TPSA) is 21.3 Å². The molecule has 0 aromatic heterocycles. The van der Waals surface area contributed by atoms with Crippen molar-refractivity contribution in [2.75, 3.05) is 7.05 Å². The lowest BCUT2D eigenvalue weighted by Crippen LogP contribution is -2.64. The fourth-order valence-electron chi connectivity index (χ4n) is 4.23. The Labute approximate surface area is 133 Å². The third-order valence-electron chi connectivity index (χ3n) is 5.52. The molecular weight excluding hydrogens is 282 g/mol. The number of ether oxygens (including phenoxy) is 1. The molecule has 2 saturated carbocycles. The predicted octanol–water partition coefficient (Wildman–Crippen LogP) is 4.73. The smallest absolute Gasteiger partial charge is 0.138 e. The standard InChI is InChI=1S/C18H26ClNO/c1-13-7-8-15(14(19)11-13)21-17-12-16(20-2)18(17)9-5-3-4-6-10-18/h7-8,11,16-17,20H,3-6,9-10,12H2,1-2H3. The first-order valence-electron chi connectivity index (χ1n) is 8.26. The number of hydrogen-bond donors (Lipinski definition) is 1. The highest BCUT2D eigenvalue weighted by molar-refractivity contribution is 6.32. The van der Waals surface area contributed by atoms with Gasteiger partial charge in [-0.1, -0.05) is 43.4 Å². The summed E-state index contributed by atoms with van der Waals surface area (Å²) in [5, 5.41) is 4.26. The molecule has 2 unspecified atom stereocenters. The molecule has 0 bridgehead atoms. The second-order valence-corrected chi connectivity index (χ2v) is 7.17. The molecule has 2 nitrogen and oxygen atoms in total. The van der Waals surface area contributed by atoms with Gasteiger partial charge in [0, 0.05) is 17.9 Å². The molecule has 116 valence electrons. The molecule has 2 aliphatic rings. The van der Waals surface area contributed by atoms with E-state index in [2.05, 4.69) is 25.4 Å². The highest BCUT2D eigenvalue weighted by Crippen LogP contribution is 2.52. The van der Waals surface area contributed by atoms with Gasteiger partial charge in [0.25, 0.3) is 0 Å². The van der Waals surface area contributed by atoms with Crippen LogP contribution in [0.25, 0.3) is 0 Å². The van der Waals surface area contributed by atoms with Crippen molar-refractivity contribution in [3.63, 3.8) is 0 Å². The van der Waals surface area contributed by atoms with E-state index in [4.69, 9.17) is 16.3 Å². The number of rotatable bonds is 3. The first kappa shape index (κ1) is 15.2. The van der Waals surface area contributed by atoms with E-state index in [1.54, 1.807) is 0 Å². The van der Waals surface area contributed by atoms with E-state index in [1.807, 2.05) is 12.1 Å². The molecule has 0 radical (unpaired) electrons. The molecule has 21 heavy (non-hydrogen) atoms. The van der Waals surface area contributed by atoms with Gasteiger partial charge in [0.1, 0.15) is 11.9 Å². The van der Waals surface area contributed by atoms with Gasteiger partial charge in [-0.3, -0.25) is 0 Å². The largest absolute Gasteiger partial charge is 0.488 e. The van der Waals surface area contributed by atoms with E-state index >= 15 is 0 Å². The average Bonchev–Trinajstić information content (AvgIpc) is 2.72. The Morgan fingerprint density at radius 2 is 1.90 bits per heavy atom. The van der Waals surface area contributed by atoms with Crippen molar-refractivity contribution in [3.8, 4) is 5.75 Å². The van der Waals surface area contributed by atoms with Crippen molar-refractivity contribution in [1.82, 2.24) is 5.32 Å². The molecule has 2 fully saturated rings. The average molecular weight is 308 g/mol. The molecule has 0 aliphatic heterocycles. The normalized spacial score (nSPS) is 28.0. The van der Waals surface area contributed by atoms with Crippen molar-refractivity contribution in [1.29, 1.82) is 0 Å². The van der Waals surface area contributed by atoms with Crippen molar-refractivity contribution in [3.05, 3.63) is 28.8 Å². The lowest BCUT2D eigenvalue weighted by atomic mass is 9.58. The van der Waals surface area contributed by atoms with Gasteiger partial charge >= 0.3 is 0 Å². The highest BCUT2D eigenvalue weighted by atomic mass is 35.5. The maximum Gasteiger partial charge on any atom is 0.138 e. The quantitative estimate of drug-likeness (QED) is 0.872. The van der Waals surface area contributed by atoms with Crippen LogP contribution in [0.2, 0.25) is 5.02 Å². The minimum absolute atomic E-state index is 0.313. The first-order chi connectivity index (χ1) is 10.2. The van der Waals surface area contributed by atoms with Crippen LogP contribution in [0.1, 0.15) is 50.5 Å². The molecule has 0 saturated heterocycles. The Balaban J connectivity index is 1.78. The molecule has 2 atom stereocenters. The summed E-state index contributed by atoms with van der Waals surface area (Å²) in [5.74, 6) is 0.852. The predicted molar refractivity (Wildman–Crippen MR) is 88.2 cm³/mol. The summed E-state index contributed by atoms with van der Waals surface area (Å²) in [7, 11) is 2.09. The van der Waals surface area contributed by atoms with Crippen molar-refractivity contribution >= 4 is 11.6 Å². The van der Waals surface area contributed by atoms with E-state index in [0.29, 0.717) is 17.6 Å². The Kier molecular flexibility index (Phi) is 4.46. The SMILES string of the molecule is CNC1CC(Oc2ccc(C)cc2Cl)C12CCCCCC2. The molecule has 2 aliphatic carbocycles. The van der Waals surface area contributed by atoms with Gasteiger partial charge < -0.3 is 10.1 Å². The van der Waals surface area contributed by atoms with Gasteiger partial charge in [-0.15, -0.1) is 0 Å². The van der Waals surface area contributed by atoms with Gasteiger partial charge in [0.2, 0.25) is 0 Å². The van der Waals surface area contributed by atoms with E-state index in [1.165, 1.54) is 44.1 Å². The van der Waals surface area contributed by atoms with Crippen LogP contribution < -0.4 is 10.1 Å². The molecule has 1 aromatic rings. The summed E-state index contributed by atoms with van der Waals surface area (Å²) < 4.78 is 6.35. The first-order valence-corrected chi connectivity index (χ1v) is 8.63. The summed E-state index contributed by atoms with van der Waals surface area (Å²) in [6.45, 7) is 2.06. The van der Waals surface area contributed by atoms with Crippen LogP contribution in [0.4, 0.5) is 0 Å². The van der Waals surface area contributed by atoms with Crippen molar-refractivity contribution in [2.24, 2.45) is 5.41 Å². The Morgan fingerprint density at radius 1 is 1.19 bits per heavy atom. The van der Waals surface area contributed by atoms with Gasteiger partial charge in [0.15, 0.2) is 0 Å². The molecule has 1 spiro atoms. The molecule has 1 aromatic carbocycles. The zero-order chi connectivity index (χ0) is 14.9. The maximum absolute atomic E-state index is 6.35. The van der Waals surface area contributed by atoms with Crippen LogP contribution in [-0.4, -0.2) is 19.2 Å². The van der Waals surface area contributed by atoms with Gasteiger partial charge in [-0.05, 0) is 44.5 Å². The second kappa shape index (κ2) is 6.18. The Hall–Kier alpha value is -0.730. The number of benzene rings is 1. The van der Waals surface area contributed by atoms with E-state index in [-0.39, 0.29) is 0 Å². The summed E-state index contributed by atoms with van der Waals surface area (Å²) in [4.78, 5) is 0. The number of halogens is 1.